The normalized spacial score (nSPS) is 9.74. The first-order valence-corrected chi connectivity index (χ1v) is 8.96. The molecular formula is C19H17N3O4S. The van der Waals surface area contributed by atoms with Gasteiger partial charge in [-0.1, -0.05) is 30.3 Å². The molecule has 0 saturated heterocycles. The van der Waals surface area contributed by atoms with Gasteiger partial charge in [0.15, 0.2) is 6.61 Å². The molecule has 2 aromatic carbocycles. The van der Waals surface area contributed by atoms with Gasteiger partial charge in [0.1, 0.15) is 6.54 Å². The van der Waals surface area contributed by atoms with Gasteiger partial charge in [0.05, 0.1) is 17.5 Å². The molecule has 138 valence electrons. The number of benzene rings is 2. The van der Waals surface area contributed by atoms with E-state index in [2.05, 4.69) is 10.6 Å². The van der Waals surface area contributed by atoms with Crippen molar-refractivity contribution in [3.63, 3.8) is 0 Å². The molecule has 0 saturated carbocycles. The van der Waals surface area contributed by atoms with Crippen LogP contribution in [-0.4, -0.2) is 36.7 Å². The van der Waals surface area contributed by atoms with E-state index in [1.54, 1.807) is 54.6 Å². The van der Waals surface area contributed by atoms with Crippen molar-refractivity contribution in [1.29, 1.82) is 5.26 Å². The number of esters is 1. The highest BCUT2D eigenvalue weighted by molar-refractivity contribution is 7.99. The summed E-state index contributed by atoms with van der Waals surface area (Å²) in [6.07, 6.45) is 0. The van der Waals surface area contributed by atoms with Crippen molar-refractivity contribution in [2.75, 3.05) is 24.2 Å². The number of ether oxygens (including phenoxy) is 1. The molecule has 0 aliphatic carbocycles. The maximum Gasteiger partial charge on any atom is 0.325 e. The molecule has 0 bridgehead atoms. The van der Waals surface area contributed by atoms with E-state index in [-0.39, 0.29) is 12.3 Å². The highest BCUT2D eigenvalue weighted by atomic mass is 32.2. The molecule has 7 nitrogen and oxygen atoms in total. The van der Waals surface area contributed by atoms with Gasteiger partial charge >= 0.3 is 5.97 Å². The van der Waals surface area contributed by atoms with Crippen LogP contribution < -0.4 is 10.6 Å². The third-order valence-corrected chi connectivity index (χ3v) is 4.19. The number of anilines is 1. The van der Waals surface area contributed by atoms with Gasteiger partial charge in [-0.05, 0) is 24.3 Å². The van der Waals surface area contributed by atoms with E-state index < -0.39 is 24.4 Å². The molecule has 27 heavy (non-hydrogen) atoms. The number of hydrogen-bond acceptors (Lipinski definition) is 6. The van der Waals surface area contributed by atoms with E-state index in [4.69, 9.17) is 10.00 Å². The number of carbonyl (C=O) groups excluding carboxylic acids is 3. The maximum absolute atomic E-state index is 12.0. The Bertz CT molecular complexity index is 850. The fourth-order valence-corrected chi connectivity index (χ4v) is 2.70. The second-order valence-corrected chi connectivity index (χ2v) is 6.22. The molecule has 0 atom stereocenters. The quantitative estimate of drug-likeness (QED) is 0.534. The average Bonchev–Trinajstić information content (AvgIpc) is 2.70. The third-order valence-electron chi connectivity index (χ3n) is 3.25. The average molecular weight is 383 g/mol. The van der Waals surface area contributed by atoms with Crippen LogP contribution in [0.25, 0.3) is 0 Å². The Hall–Kier alpha value is -3.31. The van der Waals surface area contributed by atoms with Gasteiger partial charge in [-0.2, -0.15) is 5.26 Å². The Morgan fingerprint density at radius 2 is 1.74 bits per heavy atom. The zero-order chi connectivity index (χ0) is 19.5. The van der Waals surface area contributed by atoms with Gasteiger partial charge in [-0.15, -0.1) is 11.8 Å². The number of rotatable bonds is 8. The zero-order valence-electron chi connectivity index (χ0n) is 14.3. The molecule has 0 radical (unpaired) electrons. The van der Waals surface area contributed by atoms with Crippen molar-refractivity contribution in [2.24, 2.45) is 0 Å². The Balaban J connectivity index is 1.76. The molecule has 0 spiro atoms. The van der Waals surface area contributed by atoms with Crippen LogP contribution in [0.15, 0.2) is 59.5 Å². The van der Waals surface area contributed by atoms with Crippen LogP contribution in [0.5, 0.6) is 0 Å². The monoisotopic (exact) mass is 383 g/mol. The fourth-order valence-electron chi connectivity index (χ4n) is 2.03. The van der Waals surface area contributed by atoms with Gasteiger partial charge in [0.2, 0.25) is 0 Å². The van der Waals surface area contributed by atoms with E-state index in [0.29, 0.717) is 11.3 Å². The zero-order valence-corrected chi connectivity index (χ0v) is 15.1. The molecular weight excluding hydrogens is 366 g/mol. The van der Waals surface area contributed by atoms with Gasteiger partial charge in [0, 0.05) is 10.5 Å². The molecule has 2 rings (SSSR count). The highest BCUT2D eigenvalue weighted by Crippen LogP contribution is 2.26. The topological polar surface area (TPSA) is 108 Å². The minimum Gasteiger partial charge on any atom is -0.454 e. The van der Waals surface area contributed by atoms with Crippen molar-refractivity contribution >= 4 is 35.2 Å². The summed E-state index contributed by atoms with van der Waals surface area (Å²) in [7, 11) is 0. The summed E-state index contributed by atoms with van der Waals surface area (Å²) in [6, 6.07) is 17.5. The van der Waals surface area contributed by atoms with Crippen molar-refractivity contribution < 1.29 is 19.1 Å². The number of nitrogens with one attached hydrogen (secondary N) is 2. The van der Waals surface area contributed by atoms with E-state index in [1.165, 1.54) is 11.8 Å². The van der Waals surface area contributed by atoms with Crippen molar-refractivity contribution in [3.05, 3.63) is 60.2 Å². The summed E-state index contributed by atoms with van der Waals surface area (Å²) in [4.78, 5) is 36.2. The smallest absolute Gasteiger partial charge is 0.325 e. The van der Waals surface area contributed by atoms with Crippen LogP contribution in [0.2, 0.25) is 0 Å². The van der Waals surface area contributed by atoms with Crippen LogP contribution in [-0.2, 0) is 14.3 Å². The summed E-state index contributed by atoms with van der Waals surface area (Å²) < 4.78 is 4.86. The number of hydrogen-bond donors (Lipinski definition) is 2. The lowest BCUT2D eigenvalue weighted by Crippen LogP contribution is -2.32. The van der Waals surface area contributed by atoms with Crippen LogP contribution in [0, 0.1) is 11.3 Å². The minimum absolute atomic E-state index is 0.253. The van der Waals surface area contributed by atoms with Crippen molar-refractivity contribution in [3.8, 4) is 6.07 Å². The summed E-state index contributed by atoms with van der Waals surface area (Å²) in [5, 5.41) is 13.7. The molecule has 0 heterocycles. The lowest BCUT2D eigenvalue weighted by molar-refractivity contribution is -0.146. The molecule has 2 N–H and O–H groups in total. The van der Waals surface area contributed by atoms with E-state index >= 15 is 0 Å². The Kier molecular flexibility index (Phi) is 7.88. The molecule has 0 fully saturated rings. The standard InChI is InChI=1S/C19H17N3O4S/c20-10-11-27-16-9-5-4-8-15(16)22-17(23)13-26-18(24)12-21-19(25)14-6-2-1-3-7-14/h1-9H,11-13H2,(H,21,25)(H,22,23). The second-order valence-electron chi connectivity index (χ2n) is 5.20. The highest BCUT2D eigenvalue weighted by Gasteiger charge is 2.12. The SMILES string of the molecule is N#CCSc1ccccc1NC(=O)COC(=O)CNC(=O)c1ccccc1. The molecule has 8 heteroatoms. The predicted molar refractivity (Wildman–Crippen MR) is 101 cm³/mol. The molecule has 2 amide bonds. The summed E-state index contributed by atoms with van der Waals surface area (Å²) in [5.74, 6) is -1.38. The largest absolute Gasteiger partial charge is 0.454 e. The Labute approximate surface area is 160 Å². The van der Waals surface area contributed by atoms with E-state index in [0.717, 1.165) is 4.90 Å². The summed E-state index contributed by atoms with van der Waals surface area (Å²) in [5.41, 5.74) is 0.964. The van der Waals surface area contributed by atoms with Crippen LogP contribution in [0.3, 0.4) is 0 Å². The van der Waals surface area contributed by atoms with Gasteiger partial charge in [-0.3, -0.25) is 14.4 Å². The van der Waals surface area contributed by atoms with Crippen LogP contribution in [0.1, 0.15) is 10.4 Å². The second kappa shape index (κ2) is 10.6. The van der Waals surface area contributed by atoms with Crippen molar-refractivity contribution in [2.45, 2.75) is 4.90 Å². The summed E-state index contributed by atoms with van der Waals surface area (Å²) in [6.45, 7) is -0.813. The first-order valence-electron chi connectivity index (χ1n) is 7.97. The van der Waals surface area contributed by atoms with Gasteiger partial charge < -0.3 is 15.4 Å². The molecule has 0 aromatic heterocycles. The van der Waals surface area contributed by atoms with Crippen LogP contribution in [0.4, 0.5) is 5.69 Å². The first-order chi connectivity index (χ1) is 13.1. The molecule has 2 aromatic rings. The molecule has 0 unspecified atom stereocenters. The Morgan fingerprint density at radius 1 is 1.04 bits per heavy atom. The lowest BCUT2D eigenvalue weighted by Gasteiger charge is -2.10. The van der Waals surface area contributed by atoms with Gasteiger partial charge in [-0.25, -0.2) is 0 Å². The molecule has 0 aliphatic rings. The number of nitrogens with zero attached hydrogens (tertiary/aromatic N) is 1. The van der Waals surface area contributed by atoms with E-state index in [9.17, 15) is 14.4 Å². The Morgan fingerprint density at radius 3 is 2.48 bits per heavy atom. The number of thioether (sulfide) groups is 1. The number of carbonyl (C=O) groups is 3. The van der Waals surface area contributed by atoms with Crippen molar-refractivity contribution in [1.82, 2.24) is 5.32 Å². The fraction of sp³-hybridized carbons (Fsp3) is 0.158. The predicted octanol–water partition coefficient (Wildman–Crippen LogP) is 2.21. The van der Waals surface area contributed by atoms with Crippen LogP contribution >= 0.6 is 11.8 Å². The molecule has 0 aliphatic heterocycles. The number of amides is 2. The minimum atomic E-state index is -0.721. The number of para-hydroxylation sites is 1. The van der Waals surface area contributed by atoms with E-state index in [1.807, 2.05) is 6.07 Å². The third kappa shape index (κ3) is 6.84. The lowest BCUT2D eigenvalue weighted by atomic mass is 10.2. The summed E-state index contributed by atoms with van der Waals surface area (Å²) >= 11 is 1.29. The number of nitriles is 1. The first kappa shape index (κ1) is 20.0. The van der Waals surface area contributed by atoms with Gasteiger partial charge in [0.25, 0.3) is 11.8 Å². The maximum atomic E-state index is 12.0.